The van der Waals surface area contributed by atoms with Crippen LogP contribution in [0.5, 0.6) is 0 Å². The fourth-order valence-corrected chi connectivity index (χ4v) is 2.10. The molecule has 0 saturated carbocycles. The monoisotopic (exact) mass is 265 g/mol. The van der Waals surface area contributed by atoms with E-state index in [1.54, 1.807) is 29.8 Å². The van der Waals surface area contributed by atoms with Crippen molar-refractivity contribution in [1.29, 1.82) is 0 Å². The van der Waals surface area contributed by atoms with E-state index in [9.17, 15) is 8.78 Å². The highest BCUT2D eigenvalue weighted by molar-refractivity contribution is 5.60. The lowest BCUT2D eigenvalue weighted by atomic mass is 10.1. The van der Waals surface area contributed by atoms with Crippen molar-refractivity contribution in [3.63, 3.8) is 0 Å². The Bertz CT molecular complexity index is 530. The molecule has 0 amide bonds. The highest BCUT2D eigenvalue weighted by Crippen LogP contribution is 2.29. The summed E-state index contributed by atoms with van der Waals surface area (Å²) in [6, 6.07) is 1.82. The molecular weight excluding hydrogens is 252 g/mol. The highest BCUT2D eigenvalue weighted by atomic mass is 19.3. The second-order valence-corrected chi connectivity index (χ2v) is 4.63. The van der Waals surface area contributed by atoms with Crippen molar-refractivity contribution < 1.29 is 13.2 Å². The minimum Gasteiger partial charge on any atom is -0.472 e. The zero-order valence-electron chi connectivity index (χ0n) is 10.2. The zero-order chi connectivity index (χ0) is 13.3. The third-order valence-electron chi connectivity index (χ3n) is 3.27. The van der Waals surface area contributed by atoms with E-state index >= 15 is 0 Å². The number of aromatic nitrogens is 2. The molecule has 1 fully saturated rings. The Labute approximate surface area is 109 Å². The lowest BCUT2D eigenvalue weighted by Crippen LogP contribution is -2.40. The Kier molecular flexibility index (Phi) is 2.93. The predicted octanol–water partition coefficient (Wildman–Crippen LogP) is 2.97. The van der Waals surface area contributed by atoms with Gasteiger partial charge in [0.2, 0.25) is 5.95 Å². The van der Waals surface area contributed by atoms with Gasteiger partial charge in [-0.3, -0.25) is 0 Å². The lowest BCUT2D eigenvalue weighted by molar-refractivity contribution is -0.0222. The predicted molar refractivity (Wildman–Crippen MR) is 66.1 cm³/mol. The molecule has 0 unspecified atom stereocenters. The summed E-state index contributed by atoms with van der Waals surface area (Å²) in [7, 11) is 0. The molecule has 0 aliphatic carbocycles. The minimum atomic E-state index is -2.55. The number of rotatable bonds is 2. The molecule has 3 heterocycles. The average Bonchev–Trinajstić information content (AvgIpc) is 2.93. The minimum absolute atomic E-state index is 0.139. The fraction of sp³-hybridized carbons (Fsp3) is 0.385. The summed E-state index contributed by atoms with van der Waals surface area (Å²) in [4.78, 5) is 10.3. The molecule has 6 heteroatoms. The van der Waals surface area contributed by atoms with Gasteiger partial charge in [-0.05, 0) is 6.07 Å². The maximum Gasteiger partial charge on any atom is 0.251 e. The van der Waals surface area contributed by atoms with Gasteiger partial charge in [0.25, 0.3) is 5.92 Å². The lowest BCUT2D eigenvalue weighted by Gasteiger charge is -2.31. The molecule has 0 radical (unpaired) electrons. The van der Waals surface area contributed by atoms with Crippen molar-refractivity contribution in [3.05, 3.63) is 31.0 Å². The van der Waals surface area contributed by atoms with E-state index in [2.05, 4.69) is 9.97 Å². The van der Waals surface area contributed by atoms with Gasteiger partial charge in [-0.2, -0.15) is 0 Å². The van der Waals surface area contributed by atoms with Crippen molar-refractivity contribution >= 4 is 5.95 Å². The summed E-state index contributed by atoms with van der Waals surface area (Å²) >= 11 is 0. The van der Waals surface area contributed by atoms with Gasteiger partial charge in [-0.1, -0.05) is 0 Å². The second-order valence-electron chi connectivity index (χ2n) is 4.63. The van der Waals surface area contributed by atoms with Crippen molar-refractivity contribution in [2.24, 2.45) is 0 Å². The summed E-state index contributed by atoms with van der Waals surface area (Å²) in [5, 5.41) is 0. The summed E-state index contributed by atoms with van der Waals surface area (Å²) in [6.07, 6.45) is 6.27. The van der Waals surface area contributed by atoms with Crippen LogP contribution in [0.1, 0.15) is 12.8 Å². The Balaban J connectivity index is 1.73. The van der Waals surface area contributed by atoms with E-state index in [0.29, 0.717) is 5.95 Å². The Morgan fingerprint density at radius 3 is 2.37 bits per heavy atom. The normalized spacial score (nSPS) is 18.5. The van der Waals surface area contributed by atoms with Gasteiger partial charge < -0.3 is 9.32 Å². The number of anilines is 1. The number of nitrogens with zero attached hydrogens (tertiary/aromatic N) is 3. The van der Waals surface area contributed by atoms with E-state index in [-0.39, 0.29) is 25.9 Å². The van der Waals surface area contributed by atoms with E-state index in [4.69, 9.17) is 4.42 Å². The molecule has 0 aromatic carbocycles. The van der Waals surface area contributed by atoms with E-state index in [1.165, 1.54) is 0 Å². The van der Waals surface area contributed by atoms with Gasteiger partial charge in [0.05, 0.1) is 12.5 Å². The molecule has 0 bridgehead atoms. The quantitative estimate of drug-likeness (QED) is 0.837. The first-order chi connectivity index (χ1) is 9.14. The number of piperidine rings is 1. The molecule has 4 nitrogen and oxygen atoms in total. The molecule has 100 valence electrons. The van der Waals surface area contributed by atoms with Crippen LogP contribution < -0.4 is 4.90 Å². The third-order valence-corrected chi connectivity index (χ3v) is 3.27. The Hall–Kier alpha value is -1.98. The average molecular weight is 265 g/mol. The van der Waals surface area contributed by atoms with Crippen molar-refractivity contribution in [3.8, 4) is 11.1 Å². The molecule has 1 aliphatic rings. The molecule has 3 rings (SSSR count). The highest BCUT2D eigenvalue weighted by Gasteiger charge is 2.34. The zero-order valence-corrected chi connectivity index (χ0v) is 10.2. The van der Waals surface area contributed by atoms with Crippen molar-refractivity contribution in [2.75, 3.05) is 18.0 Å². The number of alkyl halides is 2. The first kappa shape index (κ1) is 12.1. The molecule has 19 heavy (non-hydrogen) atoms. The van der Waals surface area contributed by atoms with Crippen LogP contribution in [-0.2, 0) is 0 Å². The maximum absolute atomic E-state index is 13.1. The number of furan rings is 1. The fourth-order valence-electron chi connectivity index (χ4n) is 2.10. The topological polar surface area (TPSA) is 42.2 Å². The smallest absolute Gasteiger partial charge is 0.251 e. The maximum atomic E-state index is 13.1. The van der Waals surface area contributed by atoms with Gasteiger partial charge in [-0.25, -0.2) is 18.7 Å². The molecule has 2 aromatic rings. The first-order valence-electron chi connectivity index (χ1n) is 6.11. The first-order valence-corrected chi connectivity index (χ1v) is 6.11. The van der Waals surface area contributed by atoms with Crippen LogP contribution >= 0.6 is 0 Å². The second kappa shape index (κ2) is 4.60. The van der Waals surface area contributed by atoms with Crippen LogP contribution in [0.4, 0.5) is 14.7 Å². The van der Waals surface area contributed by atoms with Crippen molar-refractivity contribution in [2.45, 2.75) is 18.8 Å². The number of hydrogen-bond donors (Lipinski definition) is 0. The van der Waals surface area contributed by atoms with Gasteiger partial charge in [0.1, 0.15) is 0 Å². The molecule has 0 N–H and O–H groups in total. The van der Waals surface area contributed by atoms with E-state index < -0.39 is 5.92 Å². The summed E-state index contributed by atoms with van der Waals surface area (Å²) in [5.74, 6) is -2.05. The van der Waals surface area contributed by atoms with Crippen LogP contribution in [-0.4, -0.2) is 29.0 Å². The molecular formula is C13H13F2N3O. The van der Waals surface area contributed by atoms with Crippen molar-refractivity contribution in [1.82, 2.24) is 9.97 Å². The van der Waals surface area contributed by atoms with Gasteiger partial charge in [0, 0.05) is 49.5 Å². The summed E-state index contributed by atoms with van der Waals surface area (Å²) in [6.45, 7) is 0.579. The van der Waals surface area contributed by atoms with Crippen LogP contribution in [0, 0.1) is 0 Å². The van der Waals surface area contributed by atoms with Gasteiger partial charge >= 0.3 is 0 Å². The van der Waals surface area contributed by atoms with Crippen LogP contribution in [0.3, 0.4) is 0 Å². The third kappa shape index (κ3) is 2.57. The SMILES string of the molecule is FC1(F)CCN(c2ncc(-c3ccoc3)cn2)CC1. The molecule has 1 saturated heterocycles. The molecule has 1 aliphatic heterocycles. The van der Waals surface area contributed by atoms with Crippen LogP contribution in [0.25, 0.3) is 11.1 Å². The van der Waals surface area contributed by atoms with Gasteiger partial charge in [0.15, 0.2) is 0 Å². The summed E-state index contributed by atoms with van der Waals surface area (Å²) in [5.41, 5.74) is 1.75. The van der Waals surface area contributed by atoms with Crippen LogP contribution in [0.15, 0.2) is 35.4 Å². The summed E-state index contributed by atoms with van der Waals surface area (Å²) < 4.78 is 31.1. The Morgan fingerprint density at radius 1 is 1.11 bits per heavy atom. The molecule has 0 spiro atoms. The number of halogens is 2. The Morgan fingerprint density at radius 2 is 1.79 bits per heavy atom. The molecule has 0 atom stereocenters. The largest absolute Gasteiger partial charge is 0.472 e. The molecule has 2 aromatic heterocycles. The van der Waals surface area contributed by atoms with E-state index in [0.717, 1.165) is 11.1 Å². The van der Waals surface area contributed by atoms with Crippen LogP contribution in [0.2, 0.25) is 0 Å². The van der Waals surface area contributed by atoms with E-state index in [1.807, 2.05) is 6.07 Å². The standard InChI is InChI=1S/C13H13F2N3O/c14-13(15)2-4-18(5-3-13)12-16-7-11(8-17-12)10-1-6-19-9-10/h1,6-9H,2-5H2. The number of hydrogen-bond acceptors (Lipinski definition) is 4. The van der Waals surface area contributed by atoms with Gasteiger partial charge in [-0.15, -0.1) is 0 Å².